The van der Waals surface area contributed by atoms with Gasteiger partial charge in [0.15, 0.2) is 0 Å². The average molecular weight is 869 g/mol. The van der Waals surface area contributed by atoms with Crippen LogP contribution in [0, 0.1) is 29.6 Å². The first kappa shape index (κ1) is 39.4. The Balaban J connectivity index is 1.36. The Morgan fingerprint density at radius 2 is 0.982 bits per heavy atom. The average Bonchev–Trinajstić information content (AvgIpc) is 3.50. The minimum Gasteiger partial charge on any atom is -0.508 e. The van der Waals surface area contributed by atoms with Crippen LogP contribution >= 0.6 is 15.9 Å². The number of phenols is 1. The number of alkyl halides is 12. The fourth-order valence-electron chi connectivity index (χ4n) is 8.36. The maximum Gasteiger partial charge on any atom is 0.416 e. The third kappa shape index (κ3) is 6.42. The fraction of sp³-hybridized carbons (Fsp3) is 0.333. The summed E-state index contributed by atoms with van der Waals surface area (Å²) >= 11 is 3.22. The molecule has 0 radical (unpaired) electrons. The Morgan fingerprint density at radius 3 is 1.43 bits per heavy atom. The molecular formula is C36H21BrF12N2O5. The lowest BCUT2D eigenvalue weighted by Gasteiger charge is -2.44. The van der Waals surface area contributed by atoms with Gasteiger partial charge in [-0.05, 0) is 73.4 Å². The Morgan fingerprint density at radius 1 is 0.554 bits per heavy atom. The number of nitrogens with zero attached hydrogens (tertiary/aromatic N) is 2. The van der Waals surface area contributed by atoms with E-state index in [-0.39, 0.29) is 63.8 Å². The van der Waals surface area contributed by atoms with Crippen LogP contribution in [0.5, 0.6) is 5.75 Å². The number of carbonyl (C=O) groups excluding carboxylic acids is 4. The van der Waals surface area contributed by atoms with Gasteiger partial charge in [-0.2, -0.15) is 52.7 Å². The number of benzene rings is 3. The summed E-state index contributed by atoms with van der Waals surface area (Å²) in [6.45, 7) is 0. The lowest BCUT2D eigenvalue weighted by Crippen LogP contribution is -2.43. The summed E-state index contributed by atoms with van der Waals surface area (Å²) in [5, 5.41) is 11.0. The van der Waals surface area contributed by atoms with Gasteiger partial charge in [-0.3, -0.25) is 19.2 Å². The van der Waals surface area contributed by atoms with E-state index < -0.39 is 130 Å². The van der Waals surface area contributed by atoms with E-state index in [1.54, 1.807) is 0 Å². The highest BCUT2D eigenvalue weighted by molar-refractivity contribution is 9.10. The van der Waals surface area contributed by atoms with Gasteiger partial charge in [-0.15, -0.1) is 0 Å². The molecule has 56 heavy (non-hydrogen) atoms. The number of halogens is 13. The van der Waals surface area contributed by atoms with Crippen molar-refractivity contribution in [1.29, 1.82) is 0 Å². The predicted molar refractivity (Wildman–Crippen MR) is 171 cm³/mol. The normalized spacial score (nSPS) is 25.7. The predicted octanol–water partition coefficient (Wildman–Crippen LogP) is 9.28. The topological polar surface area (TPSA) is 95.0 Å². The Labute approximate surface area is 314 Å². The van der Waals surface area contributed by atoms with Gasteiger partial charge in [0.25, 0.3) is 0 Å². The fourth-order valence-corrected chi connectivity index (χ4v) is 8.73. The minimum atomic E-state index is -5.37. The third-order valence-electron chi connectivity index (χ3n) is 10.6. The van der Waals surface area contributed by atoms with Crippen LogP contribution in [0.1, 0.15) is 46.6 Å². The molecule has 6 atom stereocenters. The molecule has 0 aromatic heterocycles. The number of hydrogen-bond acceptors (Lipinski definition) is 5. The zero-order valence-electron chi connectivity index (χ0n) is 27.5. The van der Waals surface area contributed by atoms with Crippen molar-refractivity contribution in [3.05, 3.63) is 98.5 Å². The van der Waals surface area contributed by atoms with Gasteiger partial charge in [0.05, 0.1) is 57.3 Å². The maximum atomic E-state index is 14.2. The Kier molecular flexibility index (Phi) is 9.01. The van der Waals surface area contributed by atoms with E-state index in [2.05, 4.69) is 15.9 Å². The molecule has 0 bridgehead atoms. The lowest BCUT2D eigenvalue weighted by molar-refractivity contribution is -0.144. The number of aromatic hydroxyl groups is 1. The van der Waals surface area contributed by atoms with Gasteiger partial charge in [0.1, 0.15) is 5.75 Å². The second-order valence-corrected chi connectivity index (χ2v) is 14.7. The van der Waals surface area contributed by atoms with Crippen LogP contribution in [0.2, 0.25) is 0 Å². The Hall–Kier alpha value is -4.88. The summed E-state index contributed by atoms with van der Waals surface area (Å²) in [4.78, 5) is 56.6. The number of carbonyl (C=O) groups is 4. The van der Waals surface area contributed by atoms with Gasteiger partial charge in [-0.25, -0.2) is 9.80 Å². The summed E-state index contributed by atoms with van der Waals surface area (Å²) in [5.74, 6) is -14.3. The quantitative estimate of drug-likeness (QED) is 0.161. The first-order valence-corrected chi connectivity index (χ1v) is 17.1. The lowest BCUT2D eigenvalue weighted by atomic mass is 9.57. The van der Waals surface area contributed by atoms with Crippen molar-refractivity contribution in [2.24, 2.45) is 29.6 Å². The van der Waals surface area contributed by atoms with Gasteiger partial charge in [0, 0.05) is 16.0 Å². The van der Waals surface area contributed by atoms with Crippen LogP contribution in [0.4, 0.5) is 64.1 Å². The monoisotopic (exact) mass is 868 g/mol. The third-order valence-corrected chi connectivity index (χ3v) is 11.1. The molecule has 7 nitrogen and oxygen atoms in total. The van der Waals surface area contributed by atoms with Crippen LogP contribution in [0.15, 0.2) is 70.7 Å². The molecule has 2 aliphatic carbocycles. The van der Waals surface area contributed by atoms with E-state index in [0.717, 1.165) is 0 Å². The highest BCUT2D eigenvalue weighted by atomic mass is 79.9. The SMILES string of the molecule is O=C1[C@H]2[C@H](CC=C3[C@H]2C[C@H]2C(=O)N(c4cc(C(F)(F)F)cc(C(F)(F)F)c4)C(=O)[C@H]2[C@H]3c2cc(Br)ccc2O)C(=O)N1c1cc(C(F)(F)F)cc(C(F)(F)F)c1. The van der Waals surface area contributed by atoms with Crippen LogP contribution in [0.25, 0.3) is 0 Å². The molecule has 2 saturated heterocycles. The Bertz CT molecular complexity index is 2180. The van der Waals surface area contributed by atoms with E-state index in [4.69, 9.17) is 0 Å². The summed E-state index contributed by atoms with van der Waals surface area (Å²) in [6, 6.07) is 4.19. The van der Waals surface area contributed by atoms with Crippen molar-refractivity contribution in [2.45, 2.75) is 43.5 Å². The van der Waals surface area contributed by atoms with E-state index in [1.807, 2.05) is 0 Å². The number of allylic oxidation sites excluding steroid dienone is 2. The van der Waals surface area contributed by atoms with Gasteiger partial charge in [-0.1, -0.05) is 27.6 Å². The molecule has 3 fully saturated rings. The standard InChI is InChI=1S/C36H21BrF12N2O5/c37-17-1-4-25(52)23(11-17)26-20-2-3-21-27(31(55)50(29(21)53)18-7-13(33(38,39)40)5-14(8-18)34(41,42)43)22(20)12-24-28(26)32(56)51(30(24)54)19-9-15(35(44,45)46)6-16(10-19)36(47,48)49/h1-2,4-11,21-22,24,26-28,52H,3,12H2/t21-,22+,24+,26+,27-,28+/m0/s1. The number of fused-ring (bicyclic) bond motifs is 4. The number of hydrogen-bond donors (Lipinski definition) is 1. The highest BCUT2D eigenvalue weighted by Crippen LogP contribution is 2.60. The van der Waals surface area contributed by atoms with Crippen LogP contribution in [-0.4, -0.2) is 28.7 Å². The van der Waals surface area contributed by atoms with E-state index in [0.29, 0.717) is 4.47 Å². The number of rotatable bonds is 3. The van der Waals surface area contributed by atoms with Crippen LogP contribution in [-0.2, 0) is 43.9 Å². The minimum absolute atomic E-state index is 0.0758. The summed E-state index contributed by atoms with van der Waals surface area (Å²) in [5.41, 5.74) is -9.38. The molecule has 2 aliphatic heterocycles. The second kappa shape index (κ2) is 12.8. The summed E-state index contributed by atoms with van der Waals surface area (Å²) < 4.78 is 166. The molecule has 4 aliphatic rings. The van der Waals surface area contributed by atoms with Crippen molar-refractivity contribution in [3.63, 3.8) is 0 Å². The molecule has 3 aromatic carbocycles. The molecule has 1 saturated carbocycles. The number of phenolic OH excluding ortho intramolecular Hbond substituents is 1. The largest absolute Gasteiger partial charge is 0.508 e. The van der Waals surface area contributed by atoms with Gasteiger partial charge >= 0.3 is 24.7 Å². The molecule has 1 N–H and O–H groups in total. The molecule has 2 heterocycles. The van der Waals surface area contributed by atoms with Gasteiger partial charge < -0.3 is 5.11 Å². The van der Waals surface area contributed by atoms with E-state index >= 15 is 0 Å². The summed E-state index contributed by atoms with van der Waals surface area (Å²) in [7, 11) is 0. The molecule has 3 aromatic rings. The first-order valence-electron chi connectivity index (χ1n) is 16.3. The van der Waals surface area contributed by atoms with Gasteiger partial charge in [0.2, 0.25) is 23.6 Å². The van der Waals surface area contributed by atoms with E-state index in [1.165, 1.54) is 24.3 Å². The molecule has 0 spiro atoms. The molecular weight excluding hydrogens is 848 g/mol. The zero-order chi connectivity index (χ0) is 41.2. The van der Waals surface area contributed by atoms with Crippen molar-refractivity contribution in [2.75, 3.05) is 9.80 Å². The van der Waals surface area contributed by atoms with E-state index in [9.17, 15) is 77.0 Å². The first-order chi connectivity index (χ1) is 25.8. The van der Waals surface area contributed by atoms with Crippen molar-refractivity contribution in [1.82, 2.24) is 0 Å². The molecule has 296 valence electrons. The molecule has 4 amide bonds. The highest BCUT2D eigenvalue weighted by Gasteiger charge is 2.63. The molecule has 20 heteroatoms. The summed E-state index contributed by atoms with van der Waals surface area (Å²) in [6.07, 6.45) is -20.9. The van der Waals surface area contributed by atoms with Crippen molar-refractivity contribution in [3.8, 4) is 5.75 Å². The number of anilines is 2. The zero-order valence-corrected chi connectivity index (χ0v) is 29.1. The number of amides is 4. The van der Waals surface area contributed by atoms with Crippen LogP contribution in [0.3, 0.4) is 0 Å². The van der Waals surface area contributed by atoms with Crippen molar-refractivity contribution < 1.29 is 77.0 Å². The second-order valence-electron chi connectivity index (χ2n) is 13.8. The number of imide groups is 2. The molecule has 0 unspecified atom stereocenters. The van der Waals surface area contributed by atoms with Crippen LogP contribution < -0.4 is 9.80 Å². The smallest absolute Gasteiger partial charge is 0.416 e. The maximum absolute atomic E-state index is 14.2. The molecule has 7 rings (SSSR count). The van der Waals surface area contributed by atoms with Crippen molar-refractivity contribution >= 4 is 50.9 Å².